The van der Waals surface area contributed by atoms with Crippen molar-refractivity contribution in [2.75, 3.05) is 26.3 Å². The first-order valence-electron chi connectivity index (χ1n) is 6.95. The molecular formula is C17H15NO2. The Morgan fingerprint density at radius 2 is 1.65 bits per heavy atom. The van der Waals surface area contributed by atoms with Crippen molar-refractivity contribution < 1.29 is 9.53 Å². The summed E-state index contributed by atoms with van der Waals surface area (Å²) in [7, 11) is 0. The van der Waals surface area contributed by atoms with Gasteiger partial charge in [-0.2, -0.15) is 0 Å². The Morgan fingerprint density at radius 3 is 2.40 bits per heavy atom. The van der Waals surface area contributed by atoms with Gasteiger partial charge in [-0.3, -0.25) is 4.79 Å². The molecule has 3 nitrogen and oxygen atoms in total. The zero-order valence-electron chi connectivity index (χ0n) is 11.1. The Kier molecular flexibility index (Phi) is 2.60. The van der Waals surface area contributed by atoms with Gasteiger partial charge in [-0.1, -0.05) is 36.4 Å². The summed E-state index contributed by atoms with van der Waals surface area (Å²) in [5.74, 6) is 0.107. The molecule has 0 radical (unpaired) electrons. The molecule has 2 aromatic rings. The van der Waals surface area contributed by atoms with E-state index in [1.165, 1.54) is 5.56 Å². The molecule has 0 saturated carbocycles. The molecule has 1 saturated heterocycles. The summed E-state index contributed by atoms with van der Waals surface area (Å²) in [4.78, 5) is 14.6. The third-order valence-electron chi connectivity index (χ3n) is 4.07. The zero-order chi connectivity index (χ0) is 13.5. The highest BCUT2D eigenvalue weighted by atomic mass is 16.5. The molecule has 20 heavy (non-hydrogen) atoms. The third-order valence-corrected chi connectivity index (χ3v) is 4.07. The quantitative estimate of drug-likeness (QED) is 0.794. The van der Waals surface area contributed by atoms with Crippen molar-refractivity contribution >= 4 is 22.3 Å². The van der Waals surface area contributed by atoms with Gasteiger partial charge in [-0.05, 0) is 5.39 Å². The van der Waals surface area contributed by atoms with Crippen molar-refractivity contribution in [2.45, 2.75) is 0 Å². The number of ether oxygens (including phenoxy) is 1. The highest BCUT2D eigenvalue weighted by Gasteiger charge is 2.24. The Bertz CT molecular complexity index is 722. The van der Waals surface area contributed by atoms with Crippen LogP contribution in [0.2, 0.25) is 0 Å². The fraction of sp³-hybridized carbons (Fsp3) is 0.235. The average Bonchev–Trinajstić information content (AvgIpc) is 2.52. The van der Waals surface area contributed by atoms with E-state index < -0.39 is 0 Å². The number of morpholine rings is 1. The molecule has 2 aromatic carbocycles. The first kappa shape index (κ1) is 11.7. The Labute approximate surface area is 117 Å². The average molecular weight is 265 g/mol. The minimum Gasteiger partial charge on any atom is -0.378 e. The molecule has 0 spiro atoms. The lowest BCUT2D eigenvalue weighted by molar-refractivity contribution is 0.0637. The predicted molar refractivity (Wildman–Crippen MR) is 78.6 cm³/mol. The van der Waals surface area contributed by atoms with E-state index in [0.29, 0.717) is 0 Å². The number of carbonyl (C=O) groups excluding carboxylic acids is 1. The van der Waals surface area contributed by atoms with Gasteiger partial charge in [0.05, 0.1) is 13.2 Å². The van der Waals surface area contributed by atoms with E-state index in [1.807, 2.05) is 12.1 Å². The molecule has 0 N–H and O–H groups in total. The van der Waals surface area contributed by atoms with E-state index in [2.05, 4.69) is 29.2 Å². The number of hydrogen-bond donors (Lipinski definition) is 0. The van der Waals surface area contributed by atoms with E-state index in [1.54, 1.807) is 6.08 Å². The van der Waals surface area contributed by atoms with E-state index in [-0.39, 0.29) is 5.78 Å². The van der Waals surface area contributed by atoms with Gasteiger partial charge in [0.2, 0.25) is 0 Å². The van der Waals surface area contributed by atoms with Gasteiger partial charge >= 0.3 is 0 Å². The third kappa shape index (κ3) is 1.67. The van der Waals surface area contributed by atoms with Crippen molar-refractivity contribution in [3.63, 3.8) is 0 Å². The van der Waals surface area contributed by atoms with E-state index >= 15 is 0 Å². The molecule has 100 valence electrons. The van der Waals surface area contributed by atoms with Crippen LogP contribution in [0.15, 0.2) is 42.5 Å². The summed E-state index contributed by atoms with van der Waals surface area (Å²) in [6, 6.07) is 12.2. The zero-order valence-corrected chi connectivity index (χ0v) is 11.1. The summed E-state index contributed by atoms with van der Waals surface area (Å²) in [6.45, 7) is 3.14. The molecule has 3 heteroatoms. The van der Waals surface area contributed by atoms with Crippen molar-refractivity contribution in [3.8, 4) is 0 Å². The van der Waals surface area contributed by atoms with Crippen LogP contribution in [0.5, 0.6) is 0 Å². The topological polar surface area (TPSA) is 29.5 Å². The highest BCUT2D eigenvalue weighted by Crippen LogP contribution is 2.34. The van der Waals surface area contributed by atoms with Crippen molar-refractivity contribution in [2.24, 2.45) is 0 Å². The fourth-order valence-corrected chi connectivity index (χ4v) is 3.11. The number of hydrogen-bond acceptors (Lipinski definition) is 3. The van der Waals surface area contributed by atoms with Crippen molar-refractivity contribution in [3.05, 3.63) is 53.6 Å². The molecule has 2 aliphatic rings. The first-order chi connectivity index (χ1) is 9.84. The standard InChI is InChI=1S/C17H15NO2/c19-16-11-15(18-7-9-20-10-8-18)13-5-1-3-12-4-2-6-14(16)17(12)13/h1-6,11H,7-10H2. The second-order valence-electron chi connectivity index (χ2n) is 5.20. The van der Waals surface area contributed by atoms with Gasteiger partial charge in [-0.25, -0.2) is 0 Å². The molecule has 0 unspecified atom stereocenters. The Hall–Kier alpha value is -2.13. The van der Waals surface area contributed by atoms with Gasteiger partial charge in [0, 0.05) is 41.4 Å². The molecule has 4 rings (SSSR count). The number of benzene rings is 2. The summed E-state index contributed by atoms with van der Waals surface area (Å²) in [6.07, 6.45) is 1.78. The van der Waals surface area contributed by atoms with Crippen molar-refractivity contribution in [1.82, 2.24) is 4.90 Å². The SMILES string of the molecule is O=C1C=C(N2CCOCC2)c2cccc3cccc1c23. The van der Waals surface area contributed by atoms with Gasteiger partial charge in [0.25, 0.3) is 0 Å². The number of ketones is 1. The largest absolute Gasteiger partial charge is 0.378 e. The van der Waals surface area contributed by atoms with Crippen LogP contribution in [0.25, 0.3) is 16.5 Å². The maximum atomic E-state index is 12.4. The second kappa shape index (κ2) is 4.46. The molecule has 0 bridgehead atoms. The lowest BCUT2D eigenvalue weighted by Crippen LogP contribution is -2.35. The monoisotopic (exact) mass is 265 g/mol. The maximum Gasteiger partial charge on any atom is 0.188 e. The van der Waals surface area contributed by atoms with Crippen LogP contribution < -0.4 is 0 Å². The number of rotatable bonds is 1. The molecule has 1 fully saturated rings. The predicted octanol–water partition coefficient (Wildman–Crippen LogP) is 2.71. The first-order valence-corrected chi connectivity index (χ1v) is 6.95. The van der Waals surface area contributed by atoms with Crippen LogP contribution in [-0.2, 0) is 4.74 Å². The maximum absolute atomic E-state index is 12.4. The number of allylic oxidation sites excluding steroid dienone is 1. The van der Waals surface area contributed by atoms with Gasteiger partial charge in [0.15, 0.2) is 5.78 Å². The van der Waals surface area contributed by atoms with Gasteiger partial charge in [-0.15, -0.1) is 0 Å². The van der Waals surface area contributed by atoms with E-state index in [4.69, 9.17) is 4.74 Å². The number of nitrogens with zero attached hydrogens (tertiary/aromatic N) is 1. The van der Waals surface area contributed by atoms with E-state index in [0.717, 1.165) is 48.3 Å². The molecule has 1 heterocycles. The van der Waals surface area contributed by atoms with Gasteiger partial charge in [0.1, 0.15) is 0 Å². The van der Waals surface area contributed by atoms with Crippen molar-refractivity contribution in [1.29, 1.82) is 0 Å². The van der Waals surface area contributed by atoms with Crippen LogP contribution in [0.4, 0.5) is 0 Å². The minimum atomic E-state index is 0.107. The summed E-state index contributed by atoms with van der Waals surface area (Å²) in [5, 5.41) is 2.22. The fourth-order valence-electron chi connectivity index (χ4n) is 3.11. The minimum absolute atomic E-state index is 0.107. The molecule has 1 aliphatic carbocycles. The Morgan fingerprint density at radius 1 is 0.950 bits per heavy atom. The number of carbonyl (C=O) groups is 1. The van der Waals surface area contributed by atoms with Crippen LogP contribution in [-0.4, -0.2) is 37.0 Å². The second-order valence-corrected chi connectivity index (χ2v) is 5.20. The summed E-state index contributed by atoms with van der Waals surface area (Å²) < 4.78 is 5.41. The molecule has 0 atom stereocenters. The van der Waals surface area contributed by atoms with Crippen LogP contribution in [0, 0.1) is 0 Å². The normalized spacial score (nSPS) is 18.3. The van der Waals surface area contributed by atoms with Crippen LogP contribution in [0.3, 0.4) is 0 Å². The molecule has 0 aromatic heterocycles. The lowest BCUT2D eigenvalue weighted by atomic mass is 9.90. The van der Waals surface area contributed by atoms with Crippen LogP contribution in [0.1, 0.15) is 15.9 Å². The van der Waals surface area contributed by atoms with E-state index in [9.17, 15) is 4.79 Å². The molecule has 1 aliphatic heterocycles. The molecular weight excluding hydrogens is 250 g/mol. The molecule has 0 amide bonds. The van der Waals surface area contributed by atoms with Crippen LogP contribution >= 0.6 is 0 Å². The highest BCUT2D eigenvalue weighted by molar-refractivity contribution is 6.21. The summed E-state index contributed by atoms with van der Waals surface area (Å²) in [5.41, 5.74) is 3.03. The summed E-state index contributed by atoms with van der Waals surface area (Å²) >= 11 is 0. The smallest absolute Gasteiger partial charge is 0.188 e. The van der Waals surface area contributed by atoms with Gasteiger partial charge < -0.3 is 9.64 Å². The Balaban J connectivity index is 1.93. The lowest BCUT2D eigenvalue weighted by Gasteiger charge is -2.33.